The first-order valence-corrected chi connectivity index (χ1v) is 4.20. The molecule has 1 aromatic rings. The van der Waals surface area contributed by atoms with Crippen LogP contribution in [0.2, 0.25) is 0 Å². The average molecular weight is 166 g/mol. The molecule has 1 unspecified atom stereocenters. The number of nitrogens with two attached hydrogens (primary N) is 1. The number of nitrogen functional groups attached to an aromatic ring is 1. The number of fused-ring (bicyclic) bond motifs is 1. The summed E-state index contributed by atoms with van der Waals surface area (Å²) in [5, 5.41) is 6.97. The first-order chi connectivity index (χ1) is 5.68. The molecule has 0 aliphatic carbocycles. The minimum atomic E-state index is 0.581. The summed E-state index contributed by atoms with van der Waals surface area (Å²) in [6.07, 6.45) is 1.02. The summed E-state index contributed by atoms with van der Waals surface area (Å²) in [6, 6.07) is 0.581. The van der Waals surface area contributed by atoms with E-state index in [4.69, 9.17) is 5.73 Å². The molecule has 0 fully saturated rings. The van der Waals surface area contributed by atoms with Crippen molar-refractivity contribution in [1.82, 2.24) is 15.1 Å². The number of aromatic nitrogens is 2. The molecule has 0 saturated carbocycles. The van der Waals surface area contributed by atoms with Gasteiger partial charge in [0, 0.05) is 30.3 Å². The van der Waals surface area contributed by atoms with Crippen molar-refractivity contribution < 1.29 is 0 Å². The zero-order chi connectivity index (χ0) is 8.72. The summed E-state index contributed by atoms with van der Waals surface area (Å²) in [6.45, 7) is 3.12. The molecule has 4 heteroatoms. The highest BCUT2D eigenvalue weighted by molar-refractivity contribution is 5.43. The van der Waals surface area contributed by atoms with E-state index in [0.29, 0.717) is 11.9 Å². The van der Waals surface area contributed by atoms with Crippen molar-refractivity contribution >= 4 is 5.82 Å². The molecule has 0 radical (unpaired) electrons. The molecule has 12 heavy (non-hydrogen) atoms. The van der Waals surface area contributed by atoms with Crippen molar-refractivity contribution in [1.29, 1.82) is 0 Å². The zero-order valence-corrected chi connectivity index (χ0v) is 7.46. The molecule has 1 aliphatic rings. The topological polar surface area (TPSA) is 57.9 Å². The molecule has 1 atom stereocenters. The second-order valence-corrected chi connectivity index (χ2v) is 3.53. The van der Waals surface area contributed by atoms with Crippen molar-refractivity contribution in [3.63, 3.8) is 0 Å². The van der Waals surface area contributed by atoms with E-state index in [-0.39, 0.29) is 0 Å². The van der Waals surface area contributed by atoms with Gasteiger partial charge in [0.1, 0.15) is 5.82 Å². The second kappa shape index (κ2) is 2.48. The molecule has 1 aliphatic heterocycles. The highest BCUT2D eigenvalue weighted by Gasteiger charge is 2.23. The summed E-state index contributed by atoms with van der Waals surface area (Å²) >= 11 is 0. The molecule has 1 aromatic heterocycles. The molecule has 0 aromatic carbocycles. The maximum atomic E-state index is 5.70. The molecule has 3 N–H and O–H groups in total. The first kappa shape index (κ1) is 7.61. The van der Waals surface area contributed by atoms with E-state index in [0.717, 1.165) is 13.0 Å². The van der Waals surface area contributed by atoms with Gasteiger partial charge in [-0.25, -0.2) is 0 Å². The normalized spacial score (nSPS) is 24.0. The number of hydrogen-bond acceptors (Lipinski definition) is 3. The fourth-order valence-corrected chi connectivity index (χ4v) is 1.62. The smallest absolute Gasteiger partial charge is 0.149 e. The highest BCUT2D eigenvalue weighted by atomic mass is 15.2. The maximum absolute atomic E-state index is 5.70. The van der Waals surface area contributed by atoms with Gasteiger partial charge in [-0.1, -0.05) is 0 Å². The average Bonchev–Trinajstić information content (AvgIpc) is 2.35. The minimum absolute atomic E-state index is 0.581. The van der Waals surface area contributed by atoms with Gasteiger partial charge in [0.2, 0.25) is 0 Å². The van der Waals surface area contributed by atoms with Crippen LogP contribution in [0.1, 0.15) is 18.2 Å². The Hall–Kier alpha value is -1.03. The van der Waals surface area contributed by atoms with Crippen molar-refractivity contribution in [2.75, 3.05) is 12.8 Å². The van der Waals surface area contributed by atoms with Gasteiger partial charge in [0.25, 0.3) is 0 Å². The van der Waals surface area contributed by atoms with E-state index in [1.165, 1.54) is 11.3 Å². The first-order valence-electron chi connectivity index (χ1n) is 4.20. The van der Waals surface area contributed by atoms with Gasteiger partial charge in [-0.2, -0.15) is 5.10 Å². The third kappa shape index (κ3) is 0.992. The van der Waals surface area contributed by atoms with Gasteiger partial charge < -0.3 is 5.73 Å². The number of anilines is 1. The molecule has 2 rings (SSSR count). The number of aromatic amines is 1. The lowest BCUT2D eigenvalue weighted by Gasteiger charge is -2.29. The Bertz CT molecular complexity index is 291. The van der Waals surface area contributed by atoms with Gasteiger partial charge in [0.15, 0.2) is 0 Å². The Labute approximate surface area is 71.7 Å². The molecule has 0 bridgehead atoms. The van der Waals surface area contributed by atoms with Crippen molar-refractivity contribution in [2.45, 2.75) is 25.9 Å². The van der Waals surface area contributed by atoms with Crippen LogP contribution in [0.25, 0.3) is 0 Å². The van der Waals surface area contributed by atoms with Crippen molar-refractivity contribution in [3.05, 3.63) is 11.3 Å². The van der Waals surface area contributed by atoms with Crippen LogP contribution in [0.15, 0.2) is 0 Å². The SMILES string of the molecule is CC1Cc2[nH]nc(N)c2CN1C. The Morgan fingerprint density at radius 2 is 2.42 bits per heavy atom. The molecule has 4 nitrogen and oxygen atoms in total. The monoisotopic (exact) mass is 166 g/mol. The minimum Gasteiger partial charge on any atom is -0.382 e. The fourth-order valence-electron chi connectivity index (χ4n) is 1.62. The Kier molecular flexibility index (Phi) is 1.58. The van der Waals surface area contributed by atoms with Gasteiger partial charge >= 0.3 is 0 Å². The fraction of sp³-hybridized carbons (Fsp3) is 0.625. The van der Waals surface area contributed by atoms with Gasteiger partial charge in [-0.15, -0.1) is 0 Å². The lowest BCUT2D eigenvalue weighted by Crippen LogP contribution is -2.34. The lowest BCUT2D eigenvalue weighted by atomic mass is 10.0. The molecule has 2 heterocycles. The van der Waals surface area contributed by atoms with Gasteiger partial charge in [-0.05, 0) is 14.0 Å². The molecular weight excluding hydrogens is 152 g/mol. The maximum Gasteiger partial charge on any atom is 0.149 e. The van der Waals surface area contributed by atoms with E-state index < -0.39 is 0 Å². The largest absolute Gasteiger partial charge is 0.382 e. The zero-order valence-electron chi connectivity index (χ0n) is 7.46. The van der Waals surface area contributed by atoms with Crippen LogP contribution in [0.5, 0.6) is 0 Å². The molecular formula is C8H14N4. The number of nitrogens with zero attached hydrogens (tertiary/aromatic N) is 2. The summed E-state index contributed by atoms with van der Waals surface area (Å²) in [5.74, 6) is 0.656. The molecule has 0 saturated heterocycles. The summed E-state index contributed by atoms with van der Waals surface area (Å²) in [5.41, 5.74) is 8.08. The predicted molar refractivity (Wildman–Crippen MR) is 47.6 cm³/mol. The molecule has 66 valence electrons. The van der Waals surface area contributed by atoms with Crippen molar-refractivity contribution in [3.8, 4) is 0 Å². The van der Waals surface area contributed by atoms with Crippen LogP contribution in [-0.4, -0.2) is 28.2 Å². The van der Waals surface area contributed by atoms with E-state index >= 15 is 0 Å². The number of hydrogen-bond donors (Lipinski definition) is 2. The summed E-state index contributed by atoms with van der Waals surface area (Å²) < 4.78 is 0. The van der Waals surface area contributed by atoms with Gasteiger partial charge in [-0.3, -0.25) is 10.00 Å². The molecule has 0 amide bonds. The van der Waals surface area contributed by atoms with E-state index in [1.54, 1.807) is 0 Å². The Morgan fingerprint density at radius 3 is 3.17 bits per heavy atom. The van der Waals surface area contributed by atoms with Crippen molar-refractivity contribution in [2.24, 2.45) is 0 Å². The number of likely N-dealkylation sites (N-methyl/N-ethyl adjacent to an activating group) is 1. The predicted octanol–water partition coefficient (Wildman–Crippen LogP) is 0.368. The second-order valence-electron chi connectivity index (χ2n) is 3.53. The highest BCUT2D eigenvalue weighted by Crippen LogP contribution is 2.23. The van der Waals surface area contributed by atoms with Crippen LogP contribution in [0.4, 0.5) is 5.82 Å². The Morgan fingerprint density at radius 1 is 1.67 bits per heavy atom. The van der Waals surface area contributed by atoms with Crippen LogP contribution in [0, 0.1) is 0 Å². The number of rotatable bonds is 0. The molecule has 0 spiro atoms. The van der Waals surface area contributed by atoms with Gasteiger partial charge in [0.05, 0.1) is 0 Å². The Balaban J connectivity index is 2.36. The third-order valence-electron chi connectivity index (χ3n) is 2.64. The summed E-state index contributed by atoms with van der Waals surface area (Å²) in [4.78, 5) is 2.29. The van der Waals surface area contributed by atoms with Crippen LogP contribution in [-0.2, 0) is 13.0 Å². The number of H-pyrrole nitrogens is 1. The third-order valence-corrected chi connectivity index (χ3v) is 2.64. The van der Waals surface area contributed by atoms with Crippen LogP contribution >= 0.6 is 0 Å². The lowest BCUT2D eigenvalue weighted by molar-refractivity contribution is 0.230. The number of nitrogens with one attached hydrogen (secondary N) is 1. The summed E-state index contributed by atoms with van der Waals surface area (Å²) in [7, 11) is 2.11. The quantitative estimate of drug-likeness (QED) is 0.585. The van der Waals surface area contributed by atoms with E-state index in [9.17, 15) is 0 Å². The van der Waals surface area contributed by atoms with Crippen LogP contribution < -0.4 is 5.73 Å². The van der Waals surface area contributed by atoms with E-state index in [1.807, 2.05) is 0 Å². The van der Waals surface area contributed by atoms with E-state index in [2.05, 4.69) is 29.1 Å². The van der Waals surface area contributed by atoms with Crippen LogP contribution in [0.3, 0.4) is 0 Å². The standard InChI is InChI=1S/C8H14N4/c1-5-3-7-6(4-12(5)2)8(9)11-10-7/h5H,3-4H2,1-2H3,(H3,9,10,11).